The third-order valence-corrected chi connectivity index (χ3v) is 3.09. The van der Waals surface area contributed by atoms with Crippen molar-refractivity contribution in [2.75, 3.05) is 12.3 Å². The van der Waals surface area contributed by atoms with E-state index >= 15 is 0 Å². The Morgan fingerprint density at radius 3 is 2.88 bits per heavy atom. The van der Waals surface area contributed by atoms with Crippen LogP contribution in [0.15, 0.2) is 18.2 Å². The number of phenolic OH excluding ortho intramolecular Hbond substituents is 1. The highest BCUT2D eigenvalue weighted by Crippen LogP contribution is 2.24. The highest BCUT2D eigenvalue weighted by Gasteiger charge is 2.26. The molecule has 1 fully saturated rings. The first-order valence-electron chi connectivity index (χ1n) is 5.49. The van der Waals surface area contributed by atoms with Crippen LogP contribution in [0, 0.1) is 0 Å². The summed E-state index contributed by atoms with van der Waals surface area (Å²) in [5, 5.41) is 9.46. The number of anilines is 1. The summed E-state index contributed by atoms with van der Waals surface area (Å²) in [7, 11) is 0. The van der Waals surface area contributed by atoms with Crippen molar-refractivity contribution >= 4 is 11.6 Å². The molecule has 0 bridgehead atoms. The zero-order valence-corrected chi connectivity index (χ0v) is 9.31. The molecule has 1 heterocycles. The number of likely N-dealkylation sites (tertiary alicyclic amines) is 1. The molecule has 86 valence electrons. The lowest BCUT2D eigenvalue weighted by atomic mass is 10.1. The van der Waals surface area contributed by atoms with Gasteiger partial charge in [-0.1, -0.05) is 0 Å². The summed E-state index contributed by atoms with van der Waals surface area (Å²) in [5.41, 5.74) is 6.29. The first kappa shape index (κ1) is 10.8. The lowest BCUT2D eigenvalue weighted by Crippen LogP contribution is -2.33. The van der Waals surface area contributed by atoms with E-state index in [1.54, 1.807) is 12.1 Å². The summed E-state index contributed by atoms with van der Waals surface area (Å²) < 4.78 is 0. The number of carbonyl (C=O) groups is 1. The van der Waals surface area contributed by atoms with Gasteiger partial charge in [-0.15, -0.1) is 0 Å². The molecule has 1 atom stereocenters. The van der Waals surface area contributed by atoms with Crippen LogP contribution in [0.2, 0.25) is 0 Å². The molecule has 3 N–H and O–H groups in total. The van der Waals surface area contributed by atoms with Crippen LogP contribution < -0.4 is 5.73 Å². The Hall–Kier alpha value is -1.71. The number of carbonyl (C=O) groups excluding carboxylic acids is 1. The molecule has 4 heteroatoms. The number of amides is 1. The molecule has 0 aromatic heterocycles. The van der Waals surface area contributed by atoms with Gasteiger partial charge in [-0.05, 0) is 38.0 Å². The first-order valence-corrected chi connectivity index (χ1v) is 5.49. The molecule has 16 heavy (non-hydrogen) atoms. The number of phenols is 1. The largest absolute Gasteiger partial charge is 0.506 e. The van der Waals surface area contributed by atoms with Crippen LogP contribution in [-0.2, 0) is 0 Å². The van der Waals surface area contributed by atoms with Crippen LogP contribution in [0.3, 0.4) is 0 Å². The van der Waals surface area contributed by atoms with Crippen molar-refractivity contribution in [3.63, 3.8) is 0 Å². The number of rotatable bonds is 1. The van der Waals surface area contributed by atoms with Crippen LogP contribution in [0.4, 0.5) is 5.69 Å². The molecule has 0 saturated carbocycles. The molecule has 1 unspecified atom stereocenters. The number of hydrogen-bond donors (Lipinski definition) is 2. The van der Waals surface area contributed by atoms with Gasteiger partial charge in [0.1, 0.15) is 5.75 Å². The summed E-state index contributed by atoms with van der Waals surface area (Å²) in [6, 6.07) is 4.93. The van der Waals surface area contributed by atoms with Crippen LogP contribution in [0.5, 0.6) is 5.75 Å². The molecule has 0 aliphatic carbocycles. The Morgan fingerprint density at radius 1 is 1.56 bits per heavy atom. The van der Waals surface area contributed by atoms with Crippen molar-refractivity contribution < 1.29 is 9.90 Å². The Bertz CT molecular complexity index is 417. The van der Waals surface area contributed by atoms with Gasteiger partial charge in [-0.2, -0.15) is 0 Å². The smallest absolute Gasteiger partial charge is 0.254 e. The summed E-state index contributed by atoms with van der Waals surface area (Å²) in [5.74, 6) is -0.0574. The zero-order valence-electron chi connectivity index (χ0n) is 9.31. The third kappa shape index (κ3) is 1.83. The fraction of sp³-hybridized carbons (Fsp3) is 0.417. The van der Waals surface area contributed by atoms with Crippen molar-refractivity contribution in [3.8, 4) is 5.75 Å². The van der Waals surface area contributed by atoms with Gasteiger partial charge in [0.15, 0.2) is 0 Å². The van der Waals surface area contributed by atoms with Gasteiger partial charge < -0.3 is 15.7 Å². The average Bonchev–Trinajstić information content (AvgIpc) is 2.67. The number of nitrogen functional groups attached to an aromatic ring is 1. The first-order chi connectivity index (χ1) is 7.59. The summed E-state index contributed by atoms with van der Waals surface area (Å²) >= 11 is 0. The number of aromatic hydroxyl groups is 1. The van der Waals surface area contributed by atoms with Gasteiger partial charge in [-0.3, -0.25) is 4.79 Å². The molecular weight excluding hydrogens is 204 g/mol. The molecule has 1 aromatic carbocycles. The Balaban J connectivity index is 2.23. The van der Waals surface area contributed by atoms with Crippen molar-refractivity contribution in [3.05, 3.63) is 23.8 Å². The standard InChI is InChI=1S/C12H16N2O2/c1-8-3-2-6-14(8)12(16)9-4-5-10(13)11(15)7-9/h4-5,7-8,15H,2-3,6,13H2,1H3. The highest BCUT2D eigenvalue weighted by atomic mass is 16.3. The molecule has 1 aliphatic heterocycles. The van der Waals surface area contributed by atoms with Gasteiger partial charge in [0.05, 0.1) is 5.69 Å². The van der Waals surface area contributed by atoms with E-state index in [1.165, 1.54) is 6.07 Å². The lowest BCUT2D eigenvalue weighted by Gasteiger charge is -2.21. The molecule has 0 spiro atoms. The number of nitrogens with zero attached hydrogens (tertiary/aromatic N) is 1. The maximum atomic E-state index is 12.1. The third-order valence-electron chi connectivity index (χ3n) is 3.09. The van der Waals surface area contributed by atoms with E-state index in [-0.39, 0.29) is 17.7 Å². The van der Waals surface area contributed by atoms with Gasteiger partial charge in [-0.25, -0.2) is 0 Å². The fourth-order valence-corrected chi connectivity index (χ4v) is 2.08. The maximum Gasteiger partial charge on any atom is 0.254 e. The van der Waals surface area contributed by atoms with Crippen molar-refractivity contribution in [1.29, 1.82) is 0 Å². The molecule has 4 nitrogen and oxygen atoms in total. The lowest BCUT2D eigenvalue weighted by molar-refractivity contribution is 0.0747. The van der Waals surface area contributed by atoms with Crippen molar-refractivity contribution in [2.24, 2.45) is 0 Å². The van der Waals surface area contributed by atoms with E-state index in [0.717, 1.165) is 19.4 Å². The number of hydrogen-bond acceptors (Lipinski definition) is 3. The second-order valence-electron chi connectivity index (χ2n) is 4.26. The molecule has 0 radical (unpaired) electrons. The Morgan fingerprint density at radius 2 is 2.31 bits per heavy atom. The molecular formula is C12H16N2O2. The normalized spacial score (nSPS) is 20.1. The molecule has 1 amide bonds. The quantitative estimate of drug-likeness (QED) is 0.558. The molecule has 2 rings (SSSR count). The van der Waals surface area contributed by atoms with Gasteiger partial charge >= 0.3 is 0 Å². The average molecular weight is 220 g/mol. The highest BCUT2D eigenvalue weighted by molar-refractivity contribution is 5.95. The fourth-order valence-electron chi connectivity index (χ4n) is 2.08. The van der Waals surface area contributed by atoms with Gasteiger partial charge in [0.2, 0.25) is 0 Å². The van der Waals surface area contributed by atoms with Crippen molar-refractivity contribution in [1.82, 2.24) is 4.90 Å². The minimum absolute atomic E-state index is 0.0275. The second kappa shape index (κ2) is 4.04. The van der Waals surface area contributed by atoms with Gasteiger partial charge in [0, 0.05) is 18.2 Å². The summed E-state index contributed by atoms with van der Waals surface area (Å²) in [6.45, 7) is 2.84. The number of benzene rings is 1. The number of nitrogens with two attached hydrogens (primary N) is 1. The van der Waals surface area contributed by atoms with Gasteiger partial charge in [0.25, 0.3) is 5.91 Å². The van der Waals surface area contributed by atoms with E-state index in [2.05, 4.69) is 0 Å². The van der Waals surface area contributed by atoms with E-state index in [0.29, 0.717) is 11.3 Å². The van der Waals surface area contributed by atoms with Crippen molar-refractivity contribution in [2.45, 2.75) is 25.8 Å². The topological polar surface area (TPSA) is 66.6 Å². The SMILES string of the molecule is CC1CCCN1C(=O)c1ccc(N)c(O)c1. The minimum atomic E-state index is -0.0299. The summed E-state index contributed by atoms with van der Waals surface area (Å²) in [6.07, 6.45) is 2.10. The predicted octanol–water partition coefficient (Wildman–Crippen LogP) is 1.60. The van der Waals surface area contributed by atoms with E-state index in [9.17, 15) is 9.90 Å². The Labute approximate surface area is 94.7 Å². The zero-order chi connectivity index (χ0) is 11.7. The monoisotopic (exact) mass is 220 g/mol. The molecule has 1 aromatic rings. The molecule has 1 aliphatic rings. The van der Waals surface area contributed by atoms with E-state index < -0.39 is 0 Å². The van der Waals surface area contributed by atoms with Crippen LogP contribution in [0.25, 0.3) is 0 Å². The minimum Gasteiger partial charge on any atom is -0.506 e. The van der Waals surface area contributed by atoms with Crippen LogP contribution in [-0.4, -0.2) is 28.5 Å². The Kier molecular flexibility index (Phi) is 2.73. The summed E-state index contributed by atoms with van der Waals surface area (Å²) in [4.78, 5) is 13.9. The maximum absolute atomic E-state index is 12.1. The predicted molar refractivity (Wildman–Crippen MR) is 62.3 cm³/mol. The van der Waals surface area contributed by atoms with E-state index in [4.69, 9.17) is 5.73 Å². The molecule has 1 saturated heterocycles. The van der Waals surface area contributed by atoms with Crippen LogP contribution >= 0.6 is 0 Å². The second-order valence-corrected chi connectivity index (χ2v) is 4.26. The van der Waals surface area contributed by atoms with Crippen LogP contribution in [0.1, 0.15) is 30.1 Å². The van der Waals surface area contributed by atoms with E-state index in [1.807, 2.05) is 11.8 Å².